The molecule has 10 nitrogen and oxygen atoms in total. The van der Waals surface area contributed by atoms with Gasteiger partial charge in [0.15, 0.2) is 11.5 Å². The number of methoxy groups -OCH3 is 1. The van der Waals surface area contributed by atoms with Gasteiger partial charge < -0.3 is 29.7 Å². The third-order valence-corrected chi connectivity index (χ3v) is 7.08. The number of carbonyl (C=O) groups is 1. The molecule has 2 aromatic carbocycles. The van der Waals surface area contributed by atoms with Crippen LogP contribution in [0.1, 0.15) is 23.2 Å². The molecule has 1 fully saturated rings. The first-order chi connectivity index (χ1) is 20.0. The third kappa shape index (κ3) is 6.43. The smallest absolute Gasteiger partial charge is 0.415 e. The van der Waals surface area contributed by atoms with Crippen LogP contribution in [0.15, 0.2) is 54.9 Å². The van der Waals surface area contributed by atoms with E-state index in [1.807, 2.05) is 19.1 Å². The second kappa shape index (κ2) is 12.7. The average molecular weight is 573 g/mol. The van der Waals surface area contributed by atoms with Gasteiger partial charge in [-0.05, 0) is 49.7 Å². The molecule has 1 aliphatic heterocycles. The number of rotatable bonds is 7. The van der Waals surface area contributed by atoms with Crippen LogP contribution in [0.5, 0.6) is 17.2 Å². The molecule has 1 saturated heterocycles. The molecule has 5 rings (SSSR count). The average Bonchev–Trinajstić information content (AvgIpc) is 3.28. The van der Waals surface area contributed by atoms with Gasteiger partial charge in [-0.1, -0.05) is 17.7 Å². The molecule has 2 aromatic heterocycles. The topological polar surface area (TPSA) is 122 Å². The molecule has 0 unspecified atom stereocenters. The van der Waals surface area contributed by atoms with Gasteiger partial charge in [-0.15, -0.1) is 0 Å². The lowest BCUT2D eigenvalue weighted by Gasteiger charge is -2.20. The minimum absolute atomic E-state index is 0.244. The molecule has 2 N–H and O–H groups in total. The number of nitrogens with zero attached hydrogens (tertiary/aromatic N) is 4. The second-order valence-corrected chi connectivity index (χ2v) is 9.87. The Morgan fingerprint density at radius 3 is 2.83 bits per heavy atom. The number of halogens is 1. The van der Waals surface area contributed by atoms with Crippen molar-refractivity contribution < 1.29 is 19.0 Å². The molecule has 4 aromatic rings. The predicted octanol–water partition coefficient (Wildman–Crippen LogP) is 5.59. The van der Waals surface area contributed by atoms with Crippen molar-refractivity contribution in [1.29, 1.82) is 5.26 Å². The molecule has 0 saturated carbocycles. The van der Waals surface area contributed by atoms with Gasteiger partial charge in [0.05, 0.1) is 40.3 Å². The predicted molar refractivity (Wildman–Crippen MR) is 156 cm³/mol. The normalized spacial score (nSPS) is 13.3. The summed E-state index contributed by atoms with van der Waals surface area (Å²) in [6, 6.07) is 14.6. The van der Waals surface area contributed by atoms with Crippen LogP contribution in [-0.2, 0) is 6.61 Å². The first kappa shape index (κ1) is 28.0. The van der Waals surface area contributed by atoms with Crippen molar-refractivity contribution in [1.82, 2.24) is 20.2 Å². The van der Waals surface area contributed by atoms with Gasteiger partial charge in [0.2, 0.25) is 0 Å². The largest absolute Gasteiger partial charge is 0.493 e. The Balaban J connectivity index is 1.40. The molecule has 210 valence electrons. The lowest BCUT2D eigenvalue weighted by atomic mass is 10.1. The molecule has 3 heterocycles. The number of nitriles is 1. The van der Waals surface area contributed by atoms with E-state index in [4.69, 9.17) is 25.8 Å². The van der Waals surface area contributed by atoms with E-state index >= 15 is 0 Å². The Hall–Kier alpha value is -4.59. The highest BCUT2D eigenvalue weighted by molar-refractivity contribution is 6.33. The number of nitrogens with one attached hydrogen (secondary N) is 2. The monoisotopic (exact) mass is 572 g/mol. The van der Waals surface area contributed by atoms with E-state index in [1.165, 1.54) is 13.3 Å². The summed E-state index contributed by atoms with van der Waals surface area (Å²) in [7, 11) is 1.49. The van der Waals surface area contributed by atoms with Gasteiger partial charge in [0.25, 0.3) is 0 Å². The maximum Gasteiger partial charge on any atom is 0.415 e. The van der Waals surface area contributed by atoms with Gasteiger partial charge in [-0.2, -0.15) is 5.26 Å². The van der Waals surface area contributed by atoms with Crippen LogP contribution in [0.2, 0.25) is 5.02 Å². The fourth-order valence-corrected chi connectivity index (χ4v) is 4.71. The van der Waals surface area contributed by atoms with Gasteiger partial charge in [-0.25, -0.2) is 4.79 Å². The van der Waals surface area contributed by atoms with Crippen molar-refractivity contribution in [2.24, 2.45) is 0 Å². The Kier molecular flexibility index (Phi) is 8.67. The zero-order chi connectivity index (χ0) is 28.8. The zero-order valence-corrected chi connectivity index (χ0v) is 23.5. The summed E-state index contributed by atoms with van der Waals surface area (Å²) >= 11 is 6.62. The fraction of sp³-hybridized carbons (Fsp3) is 0.267. The Morgan fingerprint density at radius 1 is 1.17 bits per heavy atom. The van der Waals surface area contributed by atoms with E-state index in [0.29, 0.717) is 70.6 Å². The highest BCUT2D eigenvalue weighted by Crippen LogP contribution is 2.39. The Labute approximate surface area is 242 Å². The standard InChI is InChI=1S/C30H29ClN6O4/c1-19-5-3-9-34-26(19)18-40-21-6-7-24(23(31)13-21)36-29-20(16-32)17-35-25-15-28(27(39-2)14-22(25)29)41-30(38)37-11-4-8-33-10-12-37/h3,5-7,9,13-15,17,33H,4,8,10-12,18H2,1-2H3,(H,35,36). The first-order valence-electron chi connectivity index (χ1n) is 13.1. The first-order valence-corrected chi connectivity index (χ1v) is 13.5. The van der Waals surface area contributed by atoms with Crippen LogP contribution in [-0.4, -0.2) is 54.2 Å². The number of ether oxygens (including phenoxy) is 3. The second-order valence-electron chi connectivity index (χ2n) is 9.46. The van der Waals surface area contributed by atoms with Crippen molar-refractivity contribution in [3.05, 3.63) is 76.7 Å². The number of aryl methyl sites for hydroxylation is 1. The summed E-state index contributed by atoms with van der Waals surface area (Å²) in [6.07, 6.45) is 3.58. The quantitative estimate of drug-likeness (QED) is 0.292. The summed E-state index contributed by atoms with van der Waals surface area (Å²) in [5.74, 6) is 1.16. The summed E-state index contributed by atoms with van der Waals surface area (Å²) in [6.45, 7) is 5.01. The van der Waals surface area contributed by atoms with Crippen LogP contribution in [0, 0.1) is 18.3 Å². The maximum atomic E-state index is 12.9. The minimum atomic E-state index is -0.453. The molecule has 0 atom stereocenters. The lowest BCUT2D eigenvalue weighted by Crippen LogP contribution is -2.36. The summed E-state index contributed by atoms with van der Waals surface area (Å²) < 4.78 is 17.2. The van der Waals surface area contributed by atoms with Crippen molar-refractivity contribution >= 4 is 40.0 Å². The van der Waals surface area contributed by atoms with Crippen molar-refractivity contribution in [2.45, 2.75) is 20.0 Å². The van der Waals surface area contributed by atoms with E-state index < -0.39 is 6.09 Å². The van der Waals surface area contributed by atoms with Crippen molar-refractivity contribution in [3.63, 3.8) is 0 Å². The van der Waals surface area contributed by atoms with Gasteiger partial charge >= 0.3 is 6.09 Å². The molecular weight excluding hydrogens is 544 g/mol. The van der Waals surface area contributed by atoms with Crippen LogP contribution < -0.4 is 24.8 Å². The van der Waals surface area contributed by atoms with E-state index in [2.05, 4.69) is 26.7 Å². The number of anilines is 2. The molecule has 41 heavy (non-hydrogen) atoms. The summed E-state index contributed by atoms with van der Waals surface area (Å²) in [5, 5.41) is 17.4. The number of aromatic nitrogens is 2. The number of benzene rings is 2. The Morgan fingerprint density at radius 2 is 2.05 bits per heavy atom. The molecule has 1 amide bonds. The van der Waals surface area contributed by atoms with Crippen LogP contribution in [0.3, 0.4) is 0 Å². The minimum Gasteiger partial charge on any atom is -0.493 e. The highest BCUT2D eigenvalue weighted by atomic mass is 35.5. The Bertz CT molecular complexity index is 1620. The SMILES string of the molecule is COc1cc2c(Nc3ccc(OCc4ncccc4C)cc3Cl)c(C#N)cnc2cc1OC(=O)N1CCCNCC1. The molecule has 1 aliphatic rings. The van der Waals surface area contributed by atoms with Gasteiger partial charge in [0.1, 0.15) is 18.4 Å². The zero-order valence-electron chi connectivity index (χ0n) is 22.7. The number of fused-ring (bicyclic) bond motifs is 1. The molecule has 11 heteroatoms. The van der Waals surface area contributed by atoms with Crippen LogP contribution in [0.25, 0.3) is 10.9 Å². The third-order valence-electron chi connectivity index (χ3n) is 6.76. The van der Waals surface area contributed by atoms with Gasteiger partial charge in [0, 0.05) is 49.5 Å². The number of pyridine rings is 2. The van der Waals surface area contributed by atoms with E-state index in [9.17, 15) is 10.1 Å². The van der Waals surface area contributed by atoms with E-state index in [1.54, 1.807) is 41.4 Å². The van der Waals surface area contributed by atoms with E-state index in [-0.39, 0.29) is 5.75 Å². The summed E-state index contributed by atoms with van der Waals surface area (Å²) in [4.78, 5) is 23.3. The summed E-state index contributed by atoms with van der Waals surface area (Å²) in [5.41, 5.74) is 3.76. The van der Waals surface area contributed by atoms with Crippen LogP contribution >= 0.6 is 11.6 Å². The highest BCUT2D eigenvalue weighted by Gasteiger charge is 2.21. The van der Waals surface area contributed by atoms with Crippen molar-refractivity contribution in [2.75, 3.05) is 38.6 Å². The van der Waals surface area contributed by atoms with E-state index in [0.717, 1.165) is 24.2 Å². The van der Waals surface area contributed by atoms with Gasteiger partial charge in [-0.3, -0.25) is 9.97 Å². The molecule has 0 spiro atoms. The number of hydrogen-bond donors (Lipinski definition) is 2. The maximum absolute atomic E-state index is 12.9. The lowest BCUT2D eigenvalue weighted by molar-refractivity contribution is 0.154. The van der Waals surface area contributed by atoms with Crippen LogP contribution in [0.4, 0.5) is 16.2 Å². The number of carbonyl (C=O) groups excluding carboxylic acids is 1. The fourth-order valence-electron chi connectivity index (χ4n) is 4.49. The molecular formula is C30H29ClN6O4. The number of amides is 1. The molecule has 0 aliphatic carbocycles. The molecule has 0 bridgehead atoms. The number of hydrogen-bond acceptors (Lipinski definition) is 9. The van der Waals surface area contributed by atoms with Crippen molar-refractivity contribution in [3.8, 4) is 23.3 Å². The molecule has 0 radical (unpaired) electrons.